The van der Waals surface area contributed by atoms with Crippen LogP contribution in [0.25, 0.3) is 17.0 Å². The first-order chi connectivity index (χ1) is 15.3. The SMILES string of the molecule is Cc1c(CN(C)C(=O)C=Cc2cnc3c(c2)CC(NC(=O)O)C(=O)N3)oc2ccccc12. The van der Waals surface area contributed by atoms with E-state index in [1.165, 1.54) is 12.3 Å². The molecule has 3 amide bonds. The molecule has 0 bridgehead atoms. The van der Waals surface area contributed by atoms with Crippen LogP contribution in [0.15, 0.2) is 47.0 Å². The van der Waals surface area contributed by atoms with Gasteiger partial charge >= 0.3 is 6.09 Å². The first-order valence-electron chi connectivity index (χ1n) is 10.0. The highest BCUT2D eigenvalue weighted by Gasteiger charge is 2.28. The van der Waals surface area contributed by atoms with E-state index in [1.807, 2.05) is 31.2 Å². The van der Waals surface area contributed by atoms with Gasteiger partial charge < -0.3 is 25.1 Å². The van der Waals surface area contributed by atoms with E-state index in [1.54, 1.807) is 24.1 Å². The summed E-state index contributed by atoms with van der Waals surface area (Å²) in [4.78, 5) is 41.2. The van der Waals surface area contributed by atoms with E-state index in [0.29, 0.717) is 23.5 Å². The summed E-state index contributed by atoms with van der Waals surface area (Å²) in [7, 11) is 1.70. The molecule has 3 aromatic rings. The number of nitrogens with zero attached hydrogens (tertiary/aromatic N) is 2. The number of amides is 3. The summed E-state index contributed by atoms with van der Waals surface area (Å²) in [6.07, 6.45) is 3.52. The molecule has 0 aliphatic carbocycles. The summed E-state index contributed by atoms with van der Waals surface area (Å²) in [6, 6.07) is 8.62. The highest BCUT2D eigenvalue weighted by molar-refractivity contribution is 5.98. The number of rotatable bonds is 5. The lowest BCUT2D eigenvalue weighted by Crippen LogP contribution is -2.47. The minimum absolute atomic E-state index is 0.182. The van der Waals surface area contributed by atoms with Crippen molar-refractivity contribution in [3.05, 3.63) is 65.1 Å². The Labute approximate surface area is 183 Å². The number of aromatic nitrogens is 1. The molecule has 9 nitrogen and oxygen atoms in total. The van der Waals surface area contributed by atoms with Gasteiger partial charge in [-0.25, -0.2) is 9.78 Å². The lowest BCUT2D eigenvalue weighted by molar-refractivity contribution is -0.125. The summed E-state index contributed by atoms with van der Waals surface area (Å²) in [5.74, 6) is 0.465. The first kappa shape index (κ1) is 21.1. The molecule has 2 aromatic heterocycles. The van der Waals surface area contributed by atoms with Crippen molar-refractivity contribution in [1.82, 2.24) is 15.2 Å². The van der Waals surface area contributed by atoms with E-state index < -0.39 is 18.0 Å². The van der Waals surface area contributed by atoms with Crippen LogP contribution >= 0.6 is 0 Å². The molecular formula is C23H22N4O5. The summed E-state index contributed by atoms with van der Waals surface area (Å²) in [5, 5.41) is 14.7. The average molecular weight is 434 g/mol. The third kappa shape index (κ3) is 4.31. The monoisotopic (exact) mass is 434 g/mol. The normalized spacial score (nSPS) is 15.4. The predicted molar refractivity (Wildman–Crippen MR) is 118 cm³/mol. The Bertz CT molecular complexity index is 1250. The van der Waals surface area contributed by atoms with Crippen molar-refractivity contribution in [1.29, 1.82) is 0 Å². The van der Waals surface area contributed by atoms with Gasteiger partial charge in [-0.05, 0) is 36.3 Å². The number of pyridine rings is 1. The molecule has 3 N–H and O–H groups in total. The first-order valence-corrected chi connectivity index (χ1v) is 10.0. The van der Waals surface area contributed by atoms with Crippen LogP contribution < -0.4 is 10.6 Å². The largest absolute Gasteiger partial charge is 0.465 e. The molecule has 4 rings (SSSR count). The van der Waals surface area contributed by atoms with Crippen molar-refractivity contribution in [2.45, 2.75) is 25.9 Å². The molecule has 0 spiro atoms. The second-order valence-corrected chi connectivity index (χ2v) is 7.65. The summed E-state index contributed by atoms with van der Waals surface area (Å²) < 4.78 is 5.88. The Hall–Kier alpha value is -4.14. The van der Waals surface area contributed by atoms with Crippen LogP contribution in [0.1, 0.15) is 22.5 Å². The second-order valence-electron chi connectivity index (χ2n) is 7.65. The van der Waals surface area contributed by atoms with Crippen LogP contribution in [0.5, 0.6) is 0 Å². The zero-order chi connectivity index (χ0) is 22.8. The molecule has 1 aliphatic heterocycles. The third-order valence-electron chi connectivity index (χ3n) is 5.39. The number of para-hydroxylation sites is 1. The van der Waals surface area contributed by atoms with Crippen molar-refractivity contribution in [3.8, 4) is 0 Å². The molecule has 1 atom stereocenters. The minimum atomic E-state index is -1.27. The zero-order valence-corrected chi connectivity index (χ0v) is 17.6. The van der Waals surface area contributed by atoms with Crippen LogP contribution in [0, 0.1) is 6.92 Å². The number of furan rings is 1. The van der Waals surface area contributed by atoms with Gasteiger partial charge in [-0.3, -0.25) is 9.59 Å². The summed E-state index contributed by atoms with van der Waals surface area (Å²) >= 11 is 0. The smallest absolute Gasteiger partial charge is 0.405 e. The van der Waals surface area contributed by atoms with Gasteiger partial charge in [-0.15, -0.1) is 0 Å². The van der Waals surface area contributed by atoms with Crippen molar-refractivity contribution < 1.29 is 23.9 Å². The number of carbonyl (C=O) groups is 3. The Morgan fingerprint density at radius 2 is 2.16 bits per heavy atom. The van der Waals surface area contributed by atoms with Crippen LogP contribution in [0.4, 0.5) is 10.6 Å². The van der Waals surface area contributed by atoms with Gasteiger partial charge in [0.15, 0.2) is 0 Å². The van der Waals surface area contributed by atoms with Crippen molar-refractivity contribution >= 4 is 40.8 Å². The van der Waals surface area contributed by atoms with Crippen LogP contribution in [-0.4, -0.2) is 46.0 Å². The molecule has 0 saturated heterocycles. The van der Waals surface area contributed by atoms with Crippen molar-refractivity contribution in [3.63, 3.8) is 0 Å². The number of likely N-dealkylation sites (N-methyl/N-ethyl adjacent to an activating group) is 1. The number of carbonyl (C=O) groups excluding carboxylic acids is 2. The van der Waals surface area contributed by atoms with E-state index in [-0.39, 0.29) is 12.3 Å². The van der Waals surface area contributed by atoms with E-state index in [0.717, 1.165) is 22.3 Å². The molecule has 164 valence electrons. The zero-order valence-electron chi connectivity index (χ0n) is 17.6. The van der Waals surface area contributed by atoms with Crippen LogP contribution in [-0.2, 0) is 22.6 Å². The van der Waals surface area contributed by atoms with Gasteiger partial charge in [0, 0.05) is 36.7 Å². The second kappa shape index (κ2) is 8.54. The number of fused-ring (bicyclic) bond motifs is 2. The molecule has 3 heterocycles. The average Bonchev–Trinajstić information content (AvgIpc) is 3.07. The van der Waals surface area contributed by atoms with Gasteiger partial charge in [0.25, 0.3) is 0 Å². The number of hydrogen-bond donors (Lipinski definition) is 3. The quantitative estimate of drug-likeness (QED) is 0.530. The number of aryl methyl sites for hydroxylation is 1. The van der Waals surface area contributed by atoms with Gasteiger partial charge in [0.1, 0.15) is 23.2 Å². The fourth-order valence-electron chi connectivity index (χ4n) is 3.63. The predicted octanol–water partition coefficient (Wildman–Crippen LogP) is 2.94. The topological polar surface area (TPSA) is 125 Å². The van der Waals surface area contributed by atoms with E-state index >= 15 is 0 Å². The lowest BCUT2D eigenvalue weighted by atomic mass is 10.0. The van der Waals surface area contributed by atoms with Crippen molar-refractivity contribution in [2.24, 2.45) is 0 Å². The Balaban J connectivity index is 1.44. The van der Waals surface area contributed by atoms with Crippen LogP contribution in [0.2, 0.25) is 0 Å². The highest BCUT2D eigenvalue weighted by atomic mass is 16.4. The molecule has 1 aromatic carbocycles. The highest BCUT2D eigenvalue weighted by Crippen LogP contribution is 2.26. The fraction of sp³-hybridized carbons (Fsp3) is 0.217. The minimum Gasteiger partial charge on any atom is -0.465 e. The molecule has 1 unspecified atom stereocenters. The standard InChI is InChI=1S/C23H22N4O5/c1-13-16-5-3-4-6-18(16)32-19(13)12-27(2)20(28)8-7-14-9-15-10-17(25-23(30)31)22(29)26-21(15)24-11-14/h3-9,11,17,25H,10,12H2,1-2H3,(H,30,31)(H,24,26,29). The Morgan fingerprint density at radius 3 is 2.91 bits per heavy atom. The maximum atomic E-state index is 12.6. The number of benzene rings is 1. The molecule has 1 aliphatic rings. The fourth-order valence-corrected chi connectivity index (χ4v) is 3.63. The molecule has 0 saturated carbocycles. The van der Waals surface area contributed by atoms with E-state index in [2.05, 4.69) is 15.6 Å². The number of anilines is 1. The lowest BCUT2D eigenvalue weighted by Gasteiger charge is -2.23. The number of hydrogen-bond acceptors (Lipinski definition) is 5. The Kier molecular flexibility index (Phi) is 5.63. The van der Waals surface area contributed by atoms with E-state index in [9.17, 15) is 14.4 Å². The van der Waals surface area contributed by atoms with Gasteiger partial charge in [-0.2, -0.15) is 0 Å². The summed E-state index contributed by atoms with van der Waals surface area (Å²) in [6.45, 7) is 2.31. The number of nitrogens with one attached hydrogen (secondary N) is 2. The van der Waals surface area contributed by atoms with Crippen LogP contribution in [0.3, 0.4) is 0 Å². The third-order valence-corrected chi connectivity index (χ3v) is 5.39. The van der Waals surface area contributed by atoms with Crippen molar-refractivity contribution in [2.75, 3.05) is 12.4 Å². The molecule has 0 radical (unpaired) electrons. The molecule has 32 heavy (non-hydrogen) atoms. The summed E-state index contributed by atoms with van der Waals surface area (Å²) in [5.41, 5.74) is 3.15. The maximum absolute atomic E-state index is 12.6. The van der Waals surface area contributed by atoms with Gasteiger partial charge in [0.05, 0.1) is 6.54 Å². The van der Waals surface area contributed by atoms with Gasteiger partial charge in [-0.1, -0.05) is 18.2 Å². The number of carboxylic acid groups (broad SMARTS) is 1. The van der Waals surface area contributed by atoms with E-state index in [4.69, 9.17) is 9.52 Å². The van der Waals surface area contributed by atoms with Gasteiger partial charge in [0.2, 0.25) is 11.8 Å². The maximum Gasteiger partial charge on any atom is 0.405 e. The molecule has 9 heteroatoms. The molecular weight excluding hydrogens is 412 g/mol. The molecule has 0 fully saturated rings. The Morgan fingerprint density at radius 1 is 1.38 bits per heavy atom.